The van der Waals surface area contributed by atoms with Gasteiger partial charge in [0.05, 0.1) is 15.3 Å². The van der Waals surface area contributed by atoms with E-state index in [1.807, 2.05) is 0 Å². The third-order valence-corrected chi connectivity index (χ3v) is 5.14. The summed E-state index contributed by atoms with van der Waals surface area (Å²) >= 11 is 2.28. The van der Waals surface area contributed by atoms with Crippen LogP contribution < -0.4 is 5.73 Å². The largest absolute Gasteiger partial charge is 0.383 e. The van der Waals surface area contributed by atoms with Crippen LogP contribution in [0.2, 0.25) is 0 Å². The molecule has 0 amide bonds. The molecular formula is C13H20IN5. The Morgan fingerprint density at radius 2 is 1.95 bits per heavy atom. The maximum Gasteiger partial charge on any atom is 0.149 e. The highest BCUT2D eigenvalue weighted by atomic mass is 127. The summed E-state index contributed by atoms with van der Waals surface area (Å²) in [6, 6.07) is 0.260. The number of hydrogen-bond donors (Lipinski definition) is 1. The minimum Gasteiger partial charge on any atom is -0.383 e. The highest BCUT2D eigenvalue weighted by molar-refractivity contribution is 14.1. The van der Waals surface area contributed by atoms with Gasteiger partial charge in [-0.1, -0.05) is 0 Å². The lowest BCUT2D eigenvalue weighted by atomic mass is 10.1. The highest BCUT2D eigenvalue weighted by Gasteiger charge is 2.32. The summed E-state index contributed by atoms with van der Waals surface area (Å²) in [5.41, 5.74) is 7.25. The van der Waals surface area contributed by atoms with Crippen molar-refractivity contribution in [3.63, 3.8) is 0 Å². The lowest BCUT2D eigenvalue weighted by Crippen LogP contribution is -2.45. The van der Waals surface area contributed by atoms with E-state index < -0.39 is 0 Å². The quantitative estimate of drug-likeness (QED) is 0.796. The molecule has 19 heavy (non-hydrogen) atoms. The predicted octanol–water partition coefficient (Wildman–Crippen LogP) is 1.46. The molecule has 0 radical (unpaired) electrons. The van der Waals surface area contributed by atoms with E-state index in [0.717, 1.165) is 29.0 Å². The van der Waals surface area contributed by atoms with Gasteiger partial charge in [-0.25, -0.2) is 9.97 Å². The lowest BCUT2D eigenvalue weighted by Gasteiger charge is -2.36. The molecule has 6 heteroatoms. The van der Waals surface area contributed by atoms with Crippen molar-refractivity contribution in [1.29, 1.82) is 0 Å². The number of anilines is 1. The van der Waals surface area contributed by atoms with Crippen molar-refractivity contribution in [1.82, 2.24) is 19.8 Å². The number of rotatable bonds is 2. The number of hydrogen-bond acceptors (Lipinski definition) is 5. The Labute approximate surface area is 127 Å². The van der Waals surface area contributed by atoms with E-state index >= 15 is 0 Å². The van der Waals surface area contributed by atoms with Crippen molar-refractivity contribution in [2.45, 2.75) is 24.8 Å². The van der Waals surface area contributed by atoms with Crippen molar-refractivity contribution < 1.29 is 0 Å². The molecular weight excluding hydrogens is 353 g/mol. The van der Waals surface area contributed by atoms with E-state index in [4.69, 9.17) is 10.7 Å². The molecule has 104 valence electrons. The van der Waals surface area contributed by atoms with Crippen LogP contribution >= 0.6 is 22.6 Å². The summed E-state index contributed by atoms with van der Waals surface area (Å²) < 4.78 is 1.05. The highest BCUT2D eigenvalue weighted by Crippen LogP contribution is 2.42. The van der Waals surface area contributed by atoms with Crippen LogP contribution in [0.15, 0.2) is 0 Å². The van der Waals surface area contributed by atoms with Crippen LogP contribution in [0, 0.1) is 3.57 Å². The second-order valence-corrected chi connectivity index (χ2v) is 6.78. The average Bonchev–Trinajstić information content (AvgIpc) is 3.20. The first-order chi connectivity index (χ1) is 9.06. The van der Waals surface area contributed by atoms with Crippen molar-refractivity contribution in [2.75, 3.05) is 39.5 Å². The maximum absolute atomic E-state index is 6.08. The van der Waals surface area contributed by atoms with Gasteiger partial charge in [0, 0.05) is 25.6 Å². The number of halogens is 1. The molecule has 1 aliphatic carbocycles. The Morgan fingerprint density at radius 3 is 2.63 bits per heavy atom. The Balaban J connectivity index is 1.95. The van der Waals surface area contributed by atoms with Crippen LogP contribution in [-0.2, 0) is 0 Å². The minimum atomic E-state index is 0.260. The fraction of sp³-hybridized carbons (Fsp3) is 0.692. The number of likely N-dealkylation sites (N-methyl/N-ethyl adjacent to an activating group) is 2. The first-order valence-electron chi connectivity index (χ1n) is 6.78. The molecule has 1 aromatic heterocycles. The Bertz CT molecular complexity index is 488. The zero-order valence-corrected chi connectivity index (χ0v) is 13.6. The second kappa shape index (κ2) is 5.14. The molecule has 5 nitrogen and oxygen atoms in total. The SMILES string of the molecule is CN1CCN(C)C(c2nc(N)c(I)c(C3CC3)n2)C1. The third-order valence-electron chi connectivity index (χ3n) is 4.03. The van der Waals surface area contributed by atoms with E-state index in [-0.39, 0.29) is 6.04 Å². The van der Waals surface area contributed by atoms with Crippen LogP contribution in [0.5, 0.6) is 0 Å². The number of nitrogens with zero attached hydrogens (tertiary/aromatic N) is 4. The lowest BCUT2D eigenvalue weighted by molar-refractivity contribution is 0.109. The van der Waals surface area contributed by atoms with Gasteiger partial charge in [0.1, 0.15) is 11.6 Å². The molecule has 0 spiro atoms. The first kappa shape index (κ1) is 13.5. The zero-order valence-electron chi connectivity index (χ0n) is 11.4. The number of nitrogens with two attached hydrogens (primary N) is 1. The van der Waals surface area contributed by atoms with Gasteiger partial charge in [-0.05, 0) is 49.5 Å². The van der Waals surface area contributed by atoms with Crippen LogP contribution in [0.4, 0.5) is 5.82 Å². The van der Waals surface area contributed by atoms with Crippen LogP contribution in [0.1, 0.15) is 36.3 Å². The summed E-state index contributed by atoms with van der Waals surface area (Å²) in [4.78, 5) is 14.0. The van der Waals surface area contributed by atoms with Crippen molar-refractivity contribution >= 4 is 28.4 Å². The molecule has 3 rings (SSSR count). The molecule has 1 saturated heterocycles. The van der Waals surface area contributed by atoms with E-state index in [2.05, 4.69) is 51.5 Å². The van der Waals surface area contributed by atoms with Crippen LogP contribution in [0.25, 0.3) is 0 Å². The number of aromatic nitrogens is 2. The van der Waals surface area contributed by atoms with Crippen molar-refractivity contribution in [2.24, 2.45) is 0 Å². The minimum absolute atomic E-state index is 0.260. The summed E-state index contributed by atoms with van der Waals surface area (Å²) in [5.74, 6) is 2.16. The van der Waals surface area contributed by atoms with Gasteiger partial charge in [0.25, 0.3) is 0 Å². The van der Waals surface area contributed by atoms with Crippen LogP contribution in [0.3, 0.4) is 0 Å². The first-order valence-corrected chi connectivity index (χ1v) is 7.85. The topological polar surface area (TPSA) is 58.3 Å². The summed E-state index contributed by atoms with van der Waals surface area (Å²) in [7, 11) is 4.30. The molecule has 0 bridgehead atoms. The molecule has 1 saturated carbocycles. The fourth-order valence-electron chi connectivity index (χ4n) is 2.57. The number of piperazine rings is 1. The molecule has 0 aromatic carbocycles. The van der Waals surface area contributed by atoms with Gasteiger partial charge in [-0.3, -0.25) is 4.90 Å². The third kappa shape index (κ3) is 2.71. The van der Waals surface area contributed by atoms with Crippen LogP contribution in [-0.4, -0.2) is 53.5 Å². The Kier molecular flexibility index (Phi) is 3.65. The van der Waals surface area contributed by atoms with Gasteiger partial charge in [-0.2, -0.15) is 0 Å². The van der Waals surface area contributed by atoms with E-state index in [9.17, 15) is 0 Å². The van der Waals surface area contributed by atoms with Gasteiger partial charge in [0.2, 0.25) is 0 Å². The summed E-state index contributed by atoms with van der Waals surface area (Å²) in [6.07, 6.45) is 2.48. The molecule has 1 aliphatic heterocycles. The molecule has 2 heterocycles. The van der Waals surface area contributed by atoms with E-state index in [0.29, 0.717) is 11.7 Å². The van der Waals surface area contributed by atoms with Gasteiger partial charge in [-0.15, -0.1) is 0 Å². The zero-order chi connectivity index (χ0) is 13.6. The fourth-order valence-corrected chi connectivity index (χ4v) is 3.25. The smallest absolute Gasteiger partial charge is 0.149 e. The Morgan fingerprint density at radius 1 is 1.21 bits per heavy atom. The monoisotopic (exact) mass is 373 g/mol. The van der Waals surface area contributed by atoms with Crippen molar-refractivity contribution in [3.05, 3.63) is 15.1 Å². The number of nitrogen functional groups attached to an aromatic ring is 1. The van der Waals surface area contributed by atoms with E-state index in [1.54, 1.807) is 0 Å². The van der Waals surface area contributed by atoms with Crippen molar-refractivity contribution in [3.8, 4) is 0 Å². The van der Waals surface area contributed by atoms with Gasteiger partial charge in [0.15, 0.2) is 0 Å². The molecule has 2 fully saturated rings. The predicted molar refractivity (Wildman–Crippen MR) is 84.0 cm³/mol. The second-order valence-electron chi connectivity index (χ2n) is 5.70. The standard InChI is InChI=1S/C13H20IN5/c1-18-5-6-19(2)9(7-18)13-16-11(8-3-4-8)10(14)12(15)17-13/h8-9H,3-7H2,1-2H3,(H2,15,16,17). The summed E-state index contributed by atoms with van der Waals surface area (Å²) in [5, 5.41) is 0. The molecule has 2 aliphatic rings. The average molecular weight is 373 g/mol. The van der Waals surface area contributed by atoms with E-state index in [1.165, 1.54) is 18.5 Å². The Hall–Kier alpha value is -0.470. The molecule has 1 aromatic rings. The summed E-state index contributed by atoms with van der Waals surface area (Å²) in [6.45, 7) is 3.12. The van der Waals surface area contributed by atoms with Gasteiger partial charge < -0.3 is 10.6 Å². The normalized spacial score (nSPS) is 25.7. The molecule has 1 unspecified atom stereocenters. The maximum atomic E-state index is 6.08. The van der Waals surface area contributed by atoms with Gasteiger partial charge >= 0.3 is 0 Å². The molecule has 2 N–H and O–H groups in total. The molecule has 1 atom stereocenters.